The Bertz CT molecular complexity index is 923. The fourth-order valence-electron chi connectivity index (χ4n) is 3.33. The smallest absolute Gasteiger partial charge is 0.256 e. The average Bonchev–Trinajstić information content (AvgIpc) is 2.69. The van der Waals surface area contributed by atoms with Crippen molar-refractivity contribution in [2.75, 3.05) is 18.4 Å². The molecule has 29 heavy (non-hydrogen) atoms. The molecule has 2 aromatic rings. The molecule has 1 aliphatic heterocycles. The van der Waals surface area contributed by atoms with E-state index in [9.17, 15) is 23.2 Å². The topological polar surface area (TPSA) is 92.5 Å². The van der Waals surface area contributed by atoms with Gasteiger partial charge in [0.15, 0.2) is 0 Å². The lowest BCUT2D eigenvalue weighted by Crippen LogP contribution is -2.41. The van der Waals surface area contributed by atoms with Gasteiger partial charge in [-0.05, 0) is 42.7 Å². The highest BCUT2D eigenvalue weighted by atomic mass is 19.1. The van der Waals surface area contributed by atoms with Gasteiger partial charge in [-0.1, -0.05) is 12.1 Å². The molecular weight excluding hydrogens is 380 g/mol. The van der Waals surface area contributed by atoms with Crippen molar-refractivity contribution in [1.29, 1.82) is 0 Å². The summed E-state index contributed by atoms with van der Waals surface area (Å²) in [5, 5.41) is 2.82. The molecule has 0 unspecified atom stereocenters. The Labute approximate surface area is 166 Å². The number of hydrogen-bond acceptors (Lipinski definition) is 3. The summed E-state index contributed by atoms with van der Waals surface area (Å²) in [5.41, 5.74) is 6.34. The lowest BCUT2D eigenvalue weighted by molar-refractivity contribution is -0.121. The van der Waals surface area contributed by atoms with Gasteiger partial charge in [0.05, 0.1) is 12.0 Å². The molecule has 0 aliphatic carbocycles. The number of nitrogens with one attached hydrogen (secondary N) is 1. The van der Waals surface area contributed by atoms with Crippen molar-refractivity contribution < 1.29 is 23.2 Å². The molecule has 3 amide bonds. The van der Waals surface area contributed by atoms with Crippen molar-refractivity contribution in [3.8, 4) is 0 Å². The van der Waals surface area contributed by atoms with Crippen LogP contribution in [0.1, 0.15) is 28.8 Å². The van der Waals surface area contributed by atoms with E-state index in [2.05, 4.69) is 5.32 Å². The number of benzene rings is 2. The van der Waals surface area contributed by atoms with E-state index in [1.165, 1.54) is 4.90 Å². The Balaban J connectivity index is 1.54. The van der Waals surface area contributed by atoms with Crippen LogP contribution in [-0.2, 0) is 16.0 Å². The molecule has 152 valence electrons. The zero-order valence-corrected chi connectivity index (χ0v) is 15.7. The van der Waals surface area contributed by atoms with Crippen LogP contribution in [0.4, 0.5) is 14.5 Å². The second-order valence-electron chi connectivity index (χ2n) is 7.02. The van der Waals surface area contributed by atoms with E-state index in [4.69, 9.17) is 5.73 Å². The Morgan fingerprint density at radius 1 is 1.03 bits per heavy atom. The summed E-state index contributed by atoms with van der Waals surface area (Å²) in [6.07, 6.45) is 1.02. The van der Waals surface area contributed by atoms with Gasteiger partial charge in [0.1, 0.15) is 11.6 Å². The van der Waals surface area contributed by atoms with Gasteiger partial charge in [-0.15, -0.1) is 0 Å². The molecule has 3 N–H and O–H groups in total. The maximum atomic E-state index is 13.8. The Morgan fingerprint density at radius 3 is 2.28 bits per heavy atom. The molecule has 3 rings (SSSR count). The van der Waals surface area contributed by atoms with Gasteiger partial charge in [0.2, 0.25) is 11.8 Å². The van der Waals surface area contributed by atoms with Crippen LogP contribution in [0.5, 0.6) is 0 Å². The number of carbonyl (C=O) groups excluding carboxylic acids is 3. The van der Waals surface area contributed by atoms with Crippen molar-refractivity contribution in [2.45, 2.75) is 19.3 Å². The summed E-state index contributed by atoms with van der Waals surface area (Å²) in [4.78, 5) is 37.3. The average molecular weight is 401 g/mol. The first-order chi connectivity index (χ1) is 13.8. The first-order valence-corrected chi connectivity index (χ1v) is 9.26. The van der Waals surface area contributed by atoms with Crippen LogP contribution in [0.15, 0.2) is 42.5 Å². The summed E-state index contributed by atoms with van der Waals surface area (Å²) in [7, 11) is 0. The zero-order valence-electron chi connectivity index (χ0n) is 15.7. The van der Waals surface area contributed by atoms with Crippen LogP contribution in [0.25, 0.3) is 0 Å². The molecule has 1 saturated heterocycles. The zero-order chi connectivity index (χ0) is 21.0. The minimum atomic E-state index is -0.894. The van der Waals surface area contributed by atoms with Crippen molar-refractivity contribution >= 4 is 23.4 Å². The molecular formula is C21H21F2N3O3. The number of nitrogens with two attached hydrogens (primary N) is 1. The number of rotatable bonds is 5. The number of carbonyl (C=O) groups is 3. The van der Waals surface area contributed by atoms with Gasteiger partial charge in [0, 0.05) is 30.8 Å². The first kappa shape index (κ1) is 20.4. The lowest BCUT2D eigenvalue weighted by Gasteiger charge is -2.31. The highest BCUT2D eigenvalue weighted by molar-refractivity contribution is 5.95. The largest absolute Gasteiger partial charge is 0.369 e. The lowest BCUT2D eigenvalue weighted by atomic mass is 9.95. The molecule has 1 aliphatic rings. The van der Waals surface area contributed by atoms with E-state index >= 15 is 0 Å². The summed E-state index contributed by atoms with van der Waals surface area (Å²) < 4.78 is 26.8. The Hall–Kier alpha value is -3.29. The molecule has 0 spiro atoms. The second kappa shape index (κ2) is 8.81. The highest BCUT2D eigenvalue weighted by Crippen LogP contribution is 2.22. The number of anilines is 1. The Morgan fingerprint density at radius 2 is 1.69 bits per heavy atom. The maximum absolute atomic E-state index is 13.8. The van der Waals surface area contributed by atoms with Crippen molar-refractivity contribution in [3.63, 3.8) is 0 Å². The molecule has 6 nitrogen and oxygen atoms in total. The number of amides is 3. The van der Waals surface area contributed by atoms with Crippen LogP contribution < -0.4 is 11.1 Å². The van der Waals surface area contributed by atoms with Gasteiger partial charge < -0.3 is 16.0 Å². The molecule has 1 heterocycles. The van der Waals surface area contributed by atoms with E-state index in [0.29, 0.717) is 37.7 Å². The van der Waals surface area contributed by atoms with E-state index in [1.54, 1.807) is 24.3 Å². The third kappa shape index (κ3) is 5.16. The van der Waals surface area contributed by atoms with Gasteiger partial charge in [0.25, 0.3) is 5.91 Å². The standard InChI is InChI=1S/C21H21F2N3O3/c22-15-3-6-17(18(23)12-15)21(29)26-9-7-14(8-10-26)20(28)25-16-4-1-13(2-5-16)11-19(24)27/h1-6,12,14H,7-11H2,(H2,24,27)(H,25,28). The predicted molar refractivity (Wildman–Crippen MR) is 103 cm³/mol. The summed E-state index contributed by atoms with van der Waals surface area (Å²) >= 11 is 0. The van der Waals surface area contributed by atoms with Gasteiger partial charge in [-0.3, -0.25) is 14.4 Å². The van der Waals surface area contributed by atoms with Crippen molar-refractivity contribution in [1.82, 2.24) is 4.90 Å². The fraction of sp³-hybridized carbons (Fsp3) is 0.286. The summed E-state index contributed by atoms with van der Waals surface area (Å²) in [6.45, 7) is 0.622. The Kier molecular flexibility index (Phi) is 6.21. The third-order valence-corrected chi connectivity index (χ3v) is 4.91. The number of likely N-dealkylation sites (tertiary alicyclic amines) is 1. The predicted octanol–water partition coefficient (Wildman–Crippen LogP) is 2.48. The third-order valence-electron chi connectivity index (χ3n) is 4.91. The fourth-order valence-corrected chi connectivity index (χ4v) is 3.33. The SMILES string of the molecule is NC(=O)Cc1ccc(NC(=O)C2CCN(C(=O)c3ccc(F)cc3F)CC2)cc1. The van der Waals surface area contributed by atoms with Crippen molar-refractivity contribution in [3.05, 3.63) is 65.2 Å². The molecule has 0 saturated carbocycles. The number of nitrogens with zero attached hydrogens (tertiary/aromatic N) is 1. The maximum Gasteiger partial charge on any atom is 0.256 e. The minimum absolute atomic E-state index is 0.134. The van der Waals surface area contributed by atoms with E-state index in [1.807, 2.05) is 0 Å². The summed E-state index contributed by atoms with van der Waals surface area (Å²) in [6, 6.07) is 9.71. The second-order valence-corrected chi connectivity index (χ2v) is 7.02. The normalized spacial score (nSPS) is 14.5. The van der Waals surface area contributed by atoms with Crippen LogP contribution in [-0.4, -0.2) is 35.7 Å². The number of halogens is 2. The quantitative estimate of drug-likeness (QED) is 0.806. The van der Waals surface area contributed by atoms with Crippen LogP contribution in [0, 0.1) is 17.6 Å². The van der Waals surface area contributed by atoms with Gasteiger partial charge >= 0.3 is 0 Å². The van der Waals surface area contributed by atoms with E-state index in [0.717, 1.165) is 17.7 Å². The van der Waals surface area contributed by atoms with Gasteiger partial charge in [-0.2, -0.15) is 0 Å². The molecule has 2 aromatic carbocycles. The minimum Gasteiger partial charge on any atom is -0.369 e. The molecule has 0 aromatic heterocycles. The first-order valence-electron chi connectivity index (χ1n) is 9.26. The molecule has 0 radical (unpaired) electrons. The summed E-state index contributed by atoms with van der Waals surface area (Å²) in [5.74, 6) is -3.00. The molecule has 0 bridgehead atoms. The molecule has 0 atom stereocenters. The molecule has 8 heteroatoms. The number of primary amides is 1. The number of piperidine rings is 1. The highest BCUT2D eigenvalue weighted by Gasteiger charge is 2.29. The van der Waals surface area contributed by atoms with Crippen LogP contribution in [0.2, 0.25) is 0 Å². The number of hydrogen-bond donors (Lipinski definition) is 2. The van der Waals surface area contributed by atoms with Crippen LogP contribution >= 0.6 is 0 Å². The monoisotopic (exact) mass is 401 g/mol. The van der Waals surface area contributed by atoms with Crippen molar-refractivity contribution in [2.24, 2.45) is 11.7 Å². The van der Waals surface area contributed by atoms with Gasteiger partial charge in [-0.25, -0.2) is 8.78 Å². The van der Waals surface area contributed by atoms with Crippen LogP contribution in [0.3, 0.4) is 0 Å². The molecule has 1 fully saturated rings. The van der Waals surface area contributed by atoms with E-state index < -0.39 is 23.4 Å². The van der Waals surface area contributed by atoms with E-state index in [-0.39, 0.29) is 23.8 Å².